The highest BCUT2D eigenvalue weighted by atomic mass is 16.6. The quantitative estimate of drug-likeness (QED) is 0.398. The van der Waals surface area contributed by atoms with E-state index in [1.807, 2.05) is 0 Å². The number of nitro benzene ring substituents is 1. The van der Waals surface area contributed by atoms with Crippen LogP contribution >= 0.6 is 0 Å². The van der Waals surface area contributed by atoms with Crippen LogP contribution in [0, 0.1) is 10.1 Å². The number of hydrogen-bond acceptors (Lipinski definition) is 8. The standard InChI is InChI=1S/C10H12N6O3/c11-15-8-3-7(4-9(5-8)16(17)18)12-2-1-10-13-6-14-19-10/h3-6,12,15H,1-2,11H2. The number of nitrogens with zero attached hydrogens (tertiary/aromatic N) is 3. The Hall–Kier alpha value is -2.68. The molecule has 0 saturated carbocycles. The minimum atomic E-state index is -0.482. The second-order valence-electron chi connectivity index (χ2n) is 3.68. The van der Waals surface area contributed by atoms with Crippen LogP contribution in [-0.4, -0.2) is 21.6 Å². The van der Waals surface area contributed by atoms with Crippen LogP contribution in [0.1, 0.15) is 5.89 Å². The van der Waals surface area contributed by atoms with Gasteiger partial charge >= 0.3 is 0 Å². The van der Waals surface area contributed by atoms with E-state index in [2.05, 4.69) is 20.9 Å². The monoisotopic (exact) mass is 264 g/mol. The lowest BCUT2D eigenvalue weighted by Crippen LogP contribution is -2.09. The van der Waals surface area contributed by atoms with Gasteiger partial charge in [-0.05, 0) is 6.07 Å². The van der Waals surface area contributed by atoms with Crippen LogP contribution in [0.15, 0.2) is 29.0 Å². The van der Waals surface area contributed by atoms with Crippen molar-refractivity contribution in [1.29, 1.82) is 0 Å². The second-order valence-corrected chi connectivity index (χ2v) is 3.68. The summed E-state index contributed by atoms with van der Waals surface area (Å²) in [5, 5.41) is 17.3. The molecular formula is C10H12N6O3. The van der Waals surface area contributed by atoms with E-state index in [9.17, 15) is 10.1 Å². The number of nitrogens with two attached hydrogens (primary N) is 1. The number of nitrogen functional groups attached to an aromatic ring is 1. The van der Waals surface area contributed by atoms with Gasteiger partial charge in [0.2, 0.25) is 5.89 Å². The lowest BCUT2D eigenvalue weighted by atomic mass is 10.2. The number of hydrazine groups is 1. The van der Waals surface area contributed by atoms with Gasteiger partial charge in [-0.3, -0.25) is 16.0 Å². The van der Waals surface area contributed by atoms with Crippen LogP contribution in [0.4, 0.5) is 17.1 Å². The van der Waals surface area contributed by atoms with E-state index >= 15 is 0 Å². The van der Waals surface area contributed by atoms with Crippen molar-refractivity contribution >= 4 is 17.1 Å². The fourth-order valence-corrected chi connectivity index (χ4v) is 1.52. The third kappa shape index (κ3) is 3.39. The lowest BCUT2D eigenvalue weighted by Gasteiger charge is -2.07. The number of rotatable bonds is 6. The molecule has 19 heavy (non-hydrogen) atoms. The number of nitrogens with one attached hydrogen (secondary N) is 2. The molecule has 0 aliphatic carbocycles. The predicted molar refractivity (Wildman–Crippen MR) is 67.4 cm³/mol. The van der Waals surface area contributed by atoms with Crippen molar-refractivity contribution < 1.29 is 9.45 Å². The predicted octanol–water partition coefficient (Wildman–Crippen LogP) is 0.918. The highest BCUT2D eigenvalue weighted by molar-refractivity contribution is 5.63. The molecule has 9 nitrogen and oxygen atoms in total. The van der Waals surface area contributed by atoms with Gasteiger partial charge in [-0.2, -0.15) is 4.98 Å². The molecule has 9 heteroatoms. The van der Waals surface area contributed by atoms with Crippen molar-refractivity contribution in [3.05, 3.63) is 40.5 Å². The van der Waals surface area contributed by atoms with Gasteiger partial charge in [-0.25, -0.2) is 0 Å². The van der Waals surface area contributed by atoms with Gasteiger partial charge < -0.3 is 15.3 Å². The summed E-state index contributed by atoms with van der Waals surface area (Å²) in [7, 11) is 0. The molecule has 1 aromatic carbocycles. The van der Waals surface area contributed by atoms with Crippen molar-refractivity contribution in [2.75, 3.05) is 17.3 Å². The van der Waals surface area contributed by atoms with E-state index in [0.717, 1.165) is 0 Å². The lowest BCUT2D eigenvalue weighted by molar-refractivity contribution is -0.384. The first-order valence-corrected chi connectivity index (χ1v) is 5.44. The van der Waals surface area contributed by atoms with E-state index < -0.39 is 4.92 Å². The maximum atomic E-state index is 10.8. The van der Waals surface area contributed by atoms with Gasteiger partial charge in [-0.15, -0.1) is 0 Å². The smallest absolute Gasteiger partial charge is 0.273 e. The van der Waals surface area contributed by atoms with Crippen molar-refractivity contribution in [2.24, 2.45) is 5.84 Å². The highest BCUT2D eigenvalue weighted by Gasteiger charge is 2.09. The summed E-state index contributed by atoms with van der Waals surface area (Å²) in [6.07, 6.45) is 1.84. The molecule has 0 saturated heterocycles. The van der Waals surface area contributed by atoms with E-state index in [1.54, 1.807) is 6.07 Å². The van der Waals surface area contributed by atoms with Crippen LogP contribution in [-0.2, 0) is 6.42 Å². The largest absolute Gasteiger partial charge is 0.384 e. The average molecular weight is 264 g/mol. The van der Waals surface area contributed by atoms with Crippen LogP contribution < -0.4 is 16.6 Å². The summed E-state index contributed by atoms with van der Waals surface area (Å²) in [6, 6.07) is 4.44. The van der Waals surface area contributed by atoms with E-state index in [-0.39, 0.29) is 5.69 Å². The Morgan fingerprint density at radius 1 is 1.37 bits per heavy atom. The van der Waals surface area contributed by atoms with Gasteiger partial charge in [0.15, 0.2) is 6.33 Å². The Kier molecular flexibility index (Phi) is 3.88. The Balaban J connectivity index is 2.02. The Morgan fingerprint density at radius 2 is 2.16 bits per heavy atom. The summed E-state index contributed by atoms with van der Waals surface area (Å²) >= 11 is 0. The molecule has 0 amide bonds. The summed E-state index contributed by atoms with van der Waals surface area (Å²) in [4.78, 5) is 14.1. The molecule has 0 spiro atoms. The van der Waals surface area contributed by atoms with Crippen molar-refractivity contribution in [3.8, 4) is 0 Å². The summed E-state index contributed by atoms with van der Waals surface area (Å²) in [6.45, 7) is 0.507. The highest BCUT2D eigenvalue weighted by Crippen LogP contribution is 2.23. The van der Waals surface area contributed by atoms with Crippen LogP contribution in [0.2, 0.25) is 0 Å². The van der Waals surface area contributed by atoms with Gasteiger partial charge in [-0.1, -0.05) is 5.16 Å². The van der Waals surface area contributed by atoms with Gasteiger partial charge in [0, 0.05) is 30.8 Å². The Bertz CT molecular complexity index is 556. The number of nitro groups is 1. The third-order valence-electron chi connectivity index (χ3n) is 2.37. The van der Waals surface area contributed by atoms with Crippen LogP contribution in [0.3, 0.4) is 0 Å². The van der Waals surface area contributed by atoms with E-state index in [0.29, 0.717) is 30.2 Å². The zero-order valence-corrected chi connectivity index (χ0v) is 9.87. The fourth-order valence-electron chi connectivity index (χ4n) is 1.52. The van der Waals surface area contributed by atoms with Crippen LogP contribution in [0.5, 0.6) is 0 Å². The van der Waals surface area contributed by atoms with Gasteiger partial charge in [0.05, 0.1) is 10.6 Å². The van der Waals surface area contributed by atoms with Crippen molar-refractivity contribution in [2.45, 2.75) is 6.42 Å². The molecule has 2 aromatic rings. The number of non-ortho nitro benzene ring substituents is 1. The third-order valence-corrected chi connectivity index (χ3v) is 2.37. The van der Waals surface area contributed by atoms with Crippen molar-refractivity contribution in [1.82, 2.24) is 10.1 Å². The van der Waals surface area contributed by atoms with Crippen molar-refractivity contribution in [3.63, 3.8) is 0 Å². The zero-order valence-electron chi connectivity index (χ0n) is 9.87. The maximum absolute atomic E-state index is 10.8. The first-order chi connectivity index (χ1) is 9.19. The summed E-state index contributed by atoms with van der Waals surface area (Å²) in [5.41, 5.74) is 3.37. The molecule has 1 aromatic heterocycles. The number of aromatic nitrogens is 2. The molecule has 0 radical (unpaired) electrons. The number of anilines is 2. The maximum Gasteiger partial charge on any atom is 0.273 e. The Labute approximate surface area is 107 Å². The minimum absolute atomic E-state index is 0.0456. The molecule has 2 rings (SSSR count). The molecule has 1 heterocycles. The molecular weight excluding hydrogens is 252 g/mol. The molecule has 100 valence electrons. The van der Waals surface area contributed by atoms with Gasteiger partial charge in [0.1, 0.15) is 0 Å². The van der Waals surface area contributed by atoms with Crippen LogP contribution in [0.25, 0.3) is 0 Å². The number of hydrogen-bond donors (Lipinski definition) is 3. The second kappa shape index (κ2) is 5.78. The topological polar surface area (TPSA) is 132 Å². The molecule has 0 fully saturated rings. The Morgan fingerprint density at radius 3 is 2.79 bits per heavy atom. The summed E-state index contributed by atoms with van der Waals surface area (Å²) in [5.74, 6) is 5.76. The minimum Gasteiger partial charge on any atom is -0.384 e. The first kappa shape index (κ1) is 12.8. The van der Waals surface area contributed by atoms with E-state index in [4.69, 9.17) is 10.4 Å². The molecule has 0 aliphatic rings. The summed E-state index contributed by atoms with van der Waals surface area (Å²) < 4.78 is 4.84. The fraction of sp³-hybridized carbons (Fsp3) is 0.200. The SMILES string of the molecule is NNc1cc(NCCc2ncno2)cc([N+](=O)[O-])c1. The average Bonchev–Trinajstić information content (AvgIpc) is 2.91. The zero-order chi connectivity index (χ0) is 13.7. The molecule has 0 unspecified atom stereocenters. The molecule has 4 N–H and O–H groups in total. The normalized spacial score (nSPS) is 10.2. The van der Waals surface area contributed by atoms with E-state index in [1.165, 1.54) is 18.5 Å². The first-order valence-electron chi connectivity index (χ1n) is 5.44. The number of benzene rings is 1. The molecule has 0 aliphatic heterocycles. The molecule has 0 bridgehead atoms. The van der Waals surface area contributed by atoms with Gasteiger partial charge in [0.25, 0.3) is 5.69 Å². The molecule has 0 atom stereocenters.